The van der Waals surface area contributed by atoms with Crippen LogP contribution in [0.4, 0.5) is 0 Å². The lowest BCUT2D eigenvalue weighted by molar-refractivity contribution is -0.130. The molecular weight excluding hydrogens is 246 g/mol. The van der Waals surface area contributed by atoms with Crippen molar-refractivity contribution in [3.63, 3.8) is 0 Å². The topological polar surface area (TPSA) is 61.1 Å². The third-order valence-corrected chi connectivity index (χ3v) is 3.27. The highest BCUT2D eigenvalue weighted by atomic mass is 32.1. The van der Waals surface area contributed by atoms with E-state index in [1.807, 2.05) is 17.5 Å². The fourth-order valence-electron chi connectivity index (χ4n) is 1.49. The summed E-state index contributed by atoms with van der Waals surface area (Å²) in [4.78, 5) is 11.9. The summed E-state index contributed by atoms with van der Waals surface area (Å²) < 4.78 is 0. The molecule has 3 nitrogen and oxygen atoms in total. The minimum atomic E-state index is -0.957. The smallest absolute Gasteiger partial charge is 0.337 e. The van der Waals surface area contributed by atoms with E-state index in [4.69, 9.17) is 5.26 Å². The van der Waals surface area contributed by atoms with E-state index in [0.29, 0.717) is 10.4 Å². The van der Waals surface area contributed by atoms with Gasteiger partial charge in [-0.25, -0.2) is 4.79 Å². The third kappa shape index (κ3) is 2.65. The number of carboxylic acids is 1. The number of hydrogen-bond donors (Lipinski definition) is 1. The molecule has 0 saturated heterocycles. The predicted molar refractivity (Wildman–Crippen MR) is 71.0 cm³/mol. The molecule has 0 saturated carbocycles. The van der Waals surface area contributed by atoms with Crippen molar-refractivity contribution < 1.29 is 9.90 Å². The molecule has 18 heavy (non-hydrogen) atoms. The van der Waals surface area contributed by atoms with Gasteiger partial charge >= 0.3 is 5.97 Å². The Bertz CT molecular complexity index is 619. The van der Waals surface area contributed by atoms with Gasteiger partial charge < -0.3 is 5.11 Å². The maximum atomic E-state index is 11.2. The van der Waals surface area contributed by atoms with Gasteiger partial charge in [0.1, 0.15) is 0 Å². The number of carboxylic acid groups (broad SMARTS) is 1. The predicted octanol–water partition coefficient (Wildman–Crippen LogP) is 3.24. The Morgan fingerprint density at radius 1 is 1.28 bits per heavy atom. The van der Waals surface area contributed by atoms with Crippen molar-refractivity contribution in [2.45, 2.75) is 0 Å². The number of hydrogen-bond acceptors (Lipinski definition) is 3. The van der Waals surface area contributed by atoms with Gasteiger partial charge in [-0.1, -0.05) is 18.2 Å². The molecule has 0 atom stereocenters. The van der Waals surface area contributed by atoms with E-state index in [2.05, 4.69) is 0 Å². The SMILES string of the molecule is N#Cc1ccc(/C=C(\C(=O)O)c2cccs2)cc1. The summed E-state index contributed by atoms with van der Waals surface area (Å²) in [5.74, 6) is -0.957. The van der Waals surface area contributed by atoms with E-state index in [1.54, 1.807) is 36.4 Å². The number of aliphatic carboxylic acids is 1. The summed E-state index contributed by atoms with van der Waals surface area (Å²) >= 11 is 1.38. The van der Waals surface area contributed by atoms with Gasteiger partial charge in [-0.15, -0.1) is 11.3 Å². The standard InChI is InChI=1S/C14H9NO2S/c15-9-11-5-3-10(4-6-11)8-12(14(16)17)13-2-1-7-18-13/h1-8H,(H,16,17)/b12-8-. The highest BCUT2D eigenvalue weighted by Gasteiger charge is 2.11. The van der Waals surface area contributed by atoms with Gasteiger partial charge in [0, 0.05) is 4.88 Å². The van der Waals surface area contributed by atoms with Gasteiger partial charge in [-0.2, -0.15) is 5.26 Å². The van der Waals surface area contributed by atoms with Crippen molar-refractivity contribution in [2.75, 3.05) is 0 Å². The van der Waals surface area contributed by atoms with Crippen LogP contribution in [0, 0.1) is 11.3 Å². The first-order valence-electron chi connectivity index (χ1n) is 5.20. The van der Waals surface area contributed by atoms with Crippen molar-refractivity contribution in [2.24, 2.45) is 0 Å². The van der Waals surface area contributed by atoms with Crippen molar-refractivity contribution in [3.8, 4) is 6.07 Å². The first-order chi connectivity index (χ1) is 8.70. The van der Waals surface area contributed by atoms with Crippen LogP contribution >= 0.6 is 11.3 Å². The monoisotopic (exact) mass is 255 g/mol. The molecule has 1 heterocycles. The zero-order valence-electron chi connectivity index (χ0n) is 9.33. The van der Waals surface area contributed by atoms with E-state index in [9.17, 15) is 9.90 Å². The molecule has 88 valence electrons. The van der Waals surface area contributed by atoms with E-state index in [-0.39, 0.29) is 5.57 Å². The zero-order chi connectivity index (χ0) is 13.0. The van der Waals surface area contributed by atoms with Crippen LogP contribution in [0.15, 0.2) is 41.8 Å². The van der Waals surface area contributed by atoms with E-state index in [1.165, 1.54) is 11.3 Å². The summed E-state index contributed by atoms with van der Waals surface area (Å²) in [6.07, 6.45) is 1.61. The Balaban J connectivity index is 2.39. The fourth-order valence-corrected chi connectivity index (χ4v) is 2.22. The summed E-state index contributed by atoms with van der Waals surface area (Å²) in [6, 6.07) is 12.4. The first-order valence-corrected chi connectivity index (χ1v) is 6.07. The summed E-state index contributed by atoms with van der Waals surface area (Å²) in [5, 5.41) is 19.7. The van der Waals surface area contributed by atoms with Crippen LogP contribution in [0.5, 0.6) is 0 Å². The van der Waals surface area contributed by atoms with Crippen molar-refractivity contribution >= 4 is 29.0 Å². The van der Waals surface area contributed by atoms with Gasteiger partial charge in [0.05, 0.1) is 17.2 Å². The quantitative estimate of drug-likeness (QED) is 0.856. The molecule has 1 aromatic carbocycles. The van der Waals surface area contributed by atoms with Crippen LogP contribution < -0.4 is 0 Å². The lowest BCUT2D eigenvalue weighted by Gasteiger charge is -1.99. The molecule has 0 unspecified atom stereocenters. The second kappa shape index (κ2) is 5.30. The molecular formula is C14H9NO2S. The maximum Gasteiger partial charge on any atom is 0.337 e. The van der Waals surface area contributed by atoms with Gasteiger partial charge in [-0.05, 0) is 35.2 Å². The molecule has 0 fully saturated rings. The number of nitriles is 1. The molecule has 0 spiro atoms. The molecule has 0 aliphatic rings. The maximum absolute atomic E-state index is 11.2. The van der Waals surface area contributed by atoms with E-state index < -0.39 is 5.97 Å². The Kier molecular flexibility index (Phi) is 3.56. The molecule has 0 radical (unpaired) electrons. The Morgan fingerprint density at radius 3 is 2.50 bits per heavy atom. The average Bonchev–Trinajstić information content (AvgIpc) is 2.90. The highest BCUT2D eigenvalue weighted by Crippen LogP contribution is 2.23. The molecule has 4 heteroatoms. The Labute approximate surface area is 108 Å². The largest absolute Gasteiger partial charge is 0.478 e. The van der Waals surface area contributed by atoms with Gasteiger partial charge in [-0.3, -0.25) is 0 Å². The van der Waals surface area contributed by atoms with Gasteiger partial charge in [0.2, 0.25) is 0 Å². The number of nitrogens with zero attached hydrogens (tertiary/aromatic N) is 1. The van der Waals surface area contributed by atoms with Crippen LogP contribution in [0.25, 0.3) is 11.6 Å². The Hall–Kier alpha value is -2.38. The van der Waals surface area contributed by atoms with Gasteiger partial charge in [0.25, 0.3) is 0 Å². The molecule has 1 N–H and O–H groups in total. The highest BCUT2D eigenvalue weighted by molar-refractivity contribution is 7.11. The molecule has 0 aliphatic heterocycles. The lowest BCUT2D eigenvalue weighted by Crippen LogP contribution is -1.97. The molecule has 0 bridgehead atoms. The normalized spacial score (nSPS) is 10.9. The second-order valence-corrected chi connectivity index (χ2v) is 4.52. The fraction of sp³-hybridized carbons (Fsp3) is 0. The average molecular weight is 255 g/mol. The van der Waals surface area contributed by atoms with Crippen LogP contribution in [0.3, 0.4) is 0 Å². The van der Waals surface area contributed by atoms with Gasteiger partial charge in [0.15, 0.2) is 0 Å². The molecule has 0 amide bonds. The first kappa shape index (κ1) is 12.1. The van der Waals surface area contributed by atoms with Crippen LogP contribution in [0.1, 0.15) is 16.0 Å². The minimum Gasteiger partial charge on any atom is -0.478 e. The second-order valence-electron chi connectivity index (χ2n) is 3.57. The zero-order valence-corrected chi connectivity index (χ0v) is 10.1. The van der Waals surface area contributed by atoms with Crippen molar-refractivity contribution in [1.29, 1.82) is 5.26 Å². The van der Waals surface area contributed by atoms with E-state index >= 15 is 0 Å². The minimum absolute atomic E-state index is 0.259. The number of rotatable bonds is 3. The number of benzene rings is 1. The third-order valence-electron chi connectivity index (χ3n) is 2.37. The van der Waals surface area contributed by atoms with Crippen molar-refractivity contribution in [1.82, 2.24) is 0 Å². The van der Waals surface area contributed by atoms with Crippen LogP contribution in [0.2, 0.25) is 0 Å². The number of carbonyl (C=O) groups is 1. The van der Waals surface area contributed by atoms with Crippen molar-refractivity contribution in [3.05, 3.63) is 57.8 Å². The summed E-state index contributed by atoms with van der Waals surface area (Å²) in [5.41, 5.74) is 1.58. The molecule has 2 aromatic rings. The molecule has 0 aliphatic carbocycles. The van der Waals surface area contributed by atoms with E-state index in [0.717, 1.165) is 5.56 Å². The lowest BCUT2D eigenvalue weighted by atomic mass is 10.1. The summed E-state index contributed by atoms with van der Waals surface area (Å²) in [6.45, 7) is 0. The molecule has 1 aromatic heterocycles. The Morgan fingerprint density at radius 2 is 2.00 bits per heavy atom. The molecule has 2 rings (SSSR count). The van der Waals surface area contributed by atoms with Crippen LogP contribution in [-0.4, -0.2) is 11.1 Å². The number of thiophene rings is 1. The van der Waals surface area contributed by atoms with Crippen LogP contribution in [-0.2, 0) is 4.79 Å². The summed E-state index contributed by atoms with van der Waals surface area (Å²) in [7, 11) is 0.